The second kappa shape index (κ2) is 5.38. The first-order valence-corrected chi connectivity index (χ1v) is 7.06. The third-order valence-electron chi connectivity index (χ3n) is 3.90. The monoisotopic (exact) mass is 275 g/mol. The van der Waals surface area contributed by atoms with Gasteiger partial charge in [0.2, 0.25) is 0 Å². The standard InChI is InChI=1S/C14H21N5O/c1-11(20)13-9-12-10-18(7-8-19(12)16-13)5-3-14-15-4-6-17(14)2/h4,6,9,11,20H,3,5,7-8,10H2,1-2H3/t11-/m0/s1. The van der Waals surface area contributed by atoms with Crippen LogP contribution in [-0.2, 0) is 26.6 Å². The summed E-state index contributed by atoms with van der Waals surface area (Å²) in [5.74, 6) is 1.12. The molecule has 0 aliphatic carbocycles. The smallest absolute Gasteiger partial charge is 0.109 e. The largest absolute Gasteiger partial charge is 0.387 e. The lowest BCUT2D eigenvalue weighted by Crippen LogP contribution is -2.35. The van der Waals surface area contributed by atoms with E-state index in [1.54, 1.807) is 6.92 Å². The molecule has 0 radical (unpaired) electrons. The second-order valence-corrected chi connectivity index (χ2v) is 5.44. The quantitative estimate of drug-likeness (QED) is 0.893. The summed E-state index contributed by atoms with van der Waals surface area (Å²) in [6.07, 6.45) is 4.29. The average Bonchev–Trinajstić information content (AvgIpc) is 3.01. The van der Waals surface area contributed by atoms with Gasteiger partial charge in [0.25, 0.3) is 0 Å². The van der Waals surface area contributed by atoms with Crippen LogP contribution in [0.2, 0.25) is 0 Å². The molecule has 0 aromatic carbocycles. The minimum absolute atomic E-state index is 0.492. The van der Waals surface area contributed by atoms with Crippen LogP contribution in [0.25, 0.3) is 0 Å². The Labute approximate surface area is 118 Å². The summed E-state index contributed by atoms with van der Waals surface area (Å²) in [7, 11) is 2.03. The maximum absolute atomic E-state index is 9.60. The molecule has 1 atom stereocenters. The van der Waals surface area contributed by atoms with Crippen LogP contribution in [0.4, 0.5) is 0 Å². The summed E-state index contributed by atoms with van der Waals surface area (Å²) in [4.78, 5) is 6.77. The van der Waals surface area contributed by atoms with Crippen molar-refractivity contribution >= 4 is 0 Å². The lowest BCUT2D eigenvalue weighted by Gasteiger charge is -2.27. The van der Waals surface area contributed by atoms with E-state index in [1.165, 1.54) is 5.69 Å². The number of aliphatic hydroxyl groups excluding tert-OH is 1. The molecule has 3 rings (SSSR count). The van der Waals surface area contributed by atoms with Gasteiger partial charge in [0.15, 0.2) is 0 Å². The lowest BCUT2D eigenvalue weighted by molar-refractivity contribution is 0.190. The Morgan fingerprint density at radius 2 is 2.25 bits per heavy atom. The van der Waals surface area contributed by atoms with Crippen LogP contribution in [0.1, 0.15) is 30.2 Å². The summed E-state index contributed by atoms with van der Waals surface area (Å²) in [5, 5.41) is 14.0. The summed E-state index contributed by atoms with van der Waals surface area (Å²) in [6, 6.07) is 2.01. The first kappa shape index (κ1) is 13.3. The predicted octanol–water partition coefficient (Wildman–Crippen LogP) is 0.728. The van der Waals surface area contributed by atoms with Gasteiger partial charge in [-0.1, -0.05) is 0 Å². The van der Waals surface area contributed by atoms with Crippen LogP contribution in [0.15, 0.2) is 18.5 Å². The SMILES string of the molecule is C[C@H](O)c1cc2n(n1)CCN(CCc1nccn1C)C2. The highest BCUT2D eigenvalue weighted by Crippen LogP contribution is 2.17. The number of rotatable bonds is 4. The molecule has 0 spiro atoms. The van der Waals surface area contributed by atoms with Crippen LogP contribution < -0.4 is 0 Å². The van der Waals surface area contributed by atoms with E-state index in [0.29, 0.717) is 0 Å². The summed E-state index contributed by atoms with van der Waals surface area (Å²) in [6.45, 7) is 5.54. The highest BCUT2D eigenvalue weighted by molar-refractivity contribution is 5.13. The molecule has 3 heterocycles. The molecule has 2 aromatic heterocycles. The minimum Gasteiger partial charge on any atom is -0.387 e. The molecule has 1 aliphatic heterocycles. The van der Waals surface area contributed by atoms with Crippen LogP contribution in [-0.4, -0.2) is 42.4 Å². The van der Waals surface area contributed by atoms with Crippen LogP contribution in [0.5, 0.6) is 0 Å². The van der Waals surface area contributed by atoms with E-state index in [0.717, 1.165) is 44.1 Å². The van der Waals surface area contributed by atoms with Crippen LogP contribution >= 0.6 is 0 Å². The van der Waals surface area contributed by atoms with Gasteiger partial charge in [0.1, 0.15) is 5.82 Å². The van der Waals surface area contributed by atoms with E-state index in [4.69, 9.17) is 0 Å². The number of fused-ring (bicyclic) bond motifs is 1. The molecular weight excluding hydrogens is 254 g/mol. The second-order valence-electron chi connectivity index (χ2n) is 5.44. The average molecular weight is 275 g/mol. The predicted molar refractivity (Wildman–Crippen MR) is 75.0 cm³/mol. The first-order chi connectivity index (χ1) is 9.63. The van der Waals surface area contributed by atoms with Gasteiger partial charge in [-0.3, -0.25) is 9.58 Å². The van der Waals surface area contributed by atoms with Crippen molar-refractivity contribution in [3.05, 3.63) is 35.7 Å². The van der Waals surface area contributed by atoms with Gasteiger partial charge in [-0.15, -0.1) is 0 Å². The Balaban J connectivity index is 1.62. The molecule has 20 heavy (non-hydrogen) atoms. The van der Waals surface area contributed by atoms with Crippen molar-refractivity contribution in [3.8, 4) is 0 Å². The van der Waals surface area contributed by atoms with Gasteiger partial charge in [0, 0.05) is 45.5 Å². The minimum atomic E-state index is -0.492. The number of aryl methyl sites for hydroxylation is 1. The maximum atomic E-state index is 9.60. The number of nitrogens with zero attached hydrogens (tertiary/aromatic N) is 5. The molecule has 6 nitrogen and oxygen atoms in total. The molecule has 0 bridgehead atoms. The van der Waals surface area contributed by atoms with Gasteiger partial charge >= 0.3 is 0 Å². The fraction of sp³-hybridized carbons (Fsp3) is 0.571. The van der Waals surface area contributed by atoms with Gasteiger partial charge in [-0.2, -0.15) is 5.10 Å². The zero-order valence-corrected chi connectivity index (χ0v) is 12.0. The van der Waals surface area contributed by atoms with Crippen molar-refractivity contribution in [2.24, 2.45) is 7.05 Å². The first-order valence-electron chi connectivity index (χ1n) is 7.06. The maximum Gasteiger partial charge on any atom is 0.109 e. The van der Waals surface area contributed by atoms with Gasteiger partial charge in [-0.25, -0.2) is 4.98 Å². The molecule has 0 saturated carbocycles. The van der Waals surface area contributed by atoms with E-state index in [2.05, 4.69) is 19.5 Å². The molecule has 0 unspecified atom stereocenters. The summed E-state index contributed by atoms with van der Waals surface area (Å²) >= 11 is 0. The van der Waals surface area contributed by atoms with Crippen molar-refractivity contribution in [1.29, 1.82) is 0 Å². The Morgan fingerprint density at radius 3 is 2.95 bits per heavy atom. The third-order valence-corrected chi connectivity index (χ3v) is 3.90. The fourth-order valence-corrected chi connectivity index (χ4v) is 2.63. The lowest BCUT2D eigenvalue weighted by atomic mass is 10.2. The summed E-state index contributed by atoms with van der Waals surface area (Å²) < 4.78 is 4.08. The zero-order chi connectivity index (χ0) is 14.1. The number of aromatic nitrogens is 4. The highest BCUT2D eigenvalue weighted by Gasteiger charge is 2.19. The Hall–Kier alpha value is -1.66. The molecule has 108 valence electrons. The number of aliphatic hydroxyl groups is 1. The van der Waals surface area contributed by atoms with Gasteiger partial charge < -0.3 is 9.67 Å². The molecule has 1 N–H and O–H groups in total. The van der Waals surface area contributed by atoms with Crippen molar-refractivity contribution in [2.75, 3.05) is 13.1 Å². The number of imidazole rings is 1. The molecule has 0 saturated heterocycles. The molecule has 0 amide bonds. The normalized spacial score (nSPS) is 17.1. The molecule has 6 heteroatoms. The Bertz CT molecular complexity index is 586. The van der Waals surface area contributed by atoms with E-state index in [1.807, 2.05) is 30.2 Å². The zero-order valence-electron chi connectivity index (χ0n) is 12.0. The van der Waals surface area contributed by atoms with Crippen molar-refractivity contribution in [2.45, 2.75) is 32.5 Å². The number of hydrogen-bond acceptors (Lipinski definition) is 4. The van der Waals surface area contributed by atoms with Crippen molar-refractivity contribution < 1.29 is 5.11 Å². The Morgan fingerprint density at radius 1 is 1.40 bits per heavy atom. The van der Waals surface area contributed by atoms with E-state index >= 15 is 0 Å². The van der Waals surface area contributed by atoms with E-state index in [9.17, 15) is 5.11 Å². The summed E-state index contributed by atoms with van der Waals surface area (Å²) in [5.41, 5.74) is 1.96. The molecule has 2 aromatic rings. The van der Waals surface area contributed by atoms with Gasteiger partial charge in [-0.05, 0) is 13.0 Å². The van der Waals surface area contributed by atoms with Crippen molar-refractivity contribution in [1.82, 2.24) is 24.2 Å². The Kier molecular flexibility index (Phi) is 3.58. The molecule has 1 aliphatic rings. The topological polar surface area (TPSA) is 59.1 Å². The van der Waals surface area contributed by atoms with Gasteiger partial charge in [0.05, 0.1) is 24.0 Å². The van der Waals surface area contributed by atoms with Crippen molar-refractivity contribution in [3.63, 3.8) is 0 Å². The van der Waals surface area contributed by atoms with Crippen LogP contribution in [0, 0.1) is 0 Å². The van der Waals surface area contributed by atoms with E-state index < -0.39 is 6.10 Å². The fourth-order valence-electron chi connectivity index (χ4n) is 2.63. The molecular formula is C14H21N5O. The highest BCUT2D eigenvalue weighted by atomic mass is 16.3. The van der Waals surface area contributed by atoms with Crippen LogP contribution in [0.3, 0.4) is 0 Å². The van der Waals surface area contributed by atoms with E-state index in [-0.39, 0.29) is 0 Å². The molecule has 0 fully saturated rings. The third kappa shape index (κ3) is 2.62. The number of hydrogen-bond donors (Lipinski definition) is 1.